The maximum absolute atomic E-state index is 12.5. The molecule has 2 rings (SSSR count). The third-order valence-corrected chi connectivity index (χ3v) is 4.66. The minimum atomic E-state index is -1.29. The quantitative estimate of drug-likeness (QED) is 0.282. The molecule has 0 saturated heterocycles. The number of esters is 4. The van der Waals surface area contributed by atoms with Gasteiger partial charge < -0.3 is 28.4 Å². The molecular weight excluding hydrogens is 426 g/mol. The van der Waals surface area contributed by atoms with E-state index in [9.17, 15) is 19.2 Å². The molecule has 0 aromatic carbocycles. The van der Waals surface area contributed by atoms with Gasteiger partial charge in [0.1, 0.15) is 12.6 Å². The van der Waals surface area contributed by atoms with E-state index in [0.717, 1.165) is 13.8 Å². The van der Waals surface area contributed by atoms with E-state index in [4.69, 9.17) is 28.4 Å². The molecule has 11 heteroatoms. The third-order valence-electron chi connectivity index (χ3n) is 4.66. The van der Waals surface area contributed by atoms with Gasteiger partial charge in [0.05, 0.1) is 7.11 Å². The lowest BCUT2D eigenvalue weighted by Gasteiger charge is -2.39. The van der Waals surface area contributed by atoms with Crippen LogP contribution >= 0.6 is 0 Å². The molecule has 0 N–H and O–H groups in total. The molecule has 0 saturated carbocycles. The Bertz CT molecular complexity index is 846. The molecule has 176 valence electrons. The van der Waals surface area contributed by atoms with Crippen molar-refractivity contribution in [3.05, 3.63) is 24.0 Å². The van der Waals surface area contributed by atoms with Crippen LogP contribution in [-0.4, -0.2) is 73.9 Å². The van der Waals surface area contributed by atoms with Gasteiger partial charge in [0.2, 0.25) is 5.76 Å². The number of hydrogen-bond acceptors (Lipinski definition) is 11. The molecule has 11 nitrogen and oxygen atoms in total. The van der Waals surface area contributed by atoms with E-state index in [2.05, 4.69) is 11.6 Å². The maximum atomic E-state index is 12.5. The van der Waals surface area contributed by atoms with E-state index >= 15 is 0 Å². The molecule has 2 aliphatic heterocycles. The van der Waals surface area contributed by atoms with E-state index < -0.39 is 60.9 Å². The summed E-state index contributed by atoms with van der Waals surface area (Å²) in [5.41, 5.74) is 0.458. The summed E-state index contributed by atoms with van der Waals surface area (Å²) in [5.74, 6) is -2.64. The Morgan fingerprint density at radius 3 is 2.28 bits per heavy atom. The molecule has 0 fully saturated rings. The average Bonchev–Trinajstić information content (AvgIpc) is 3.10. The van der Waals surface area contributed by atoms with Crippen LogP contribution in [0.5, 0.6) is 0 Å². The van der Waals surface area contributed by atoms with Gasteiger partial charge in [-0.1, -0.05) is 6.08 Å². The van der Waals surface area contributed by atoms with Gasteiger partial charge in [-0.05, 0) is 6.42 Å². The highest BCUT2D eigenvalue weighted by Crippen LogP contribution is 2.38. The second kappa shape index (κ2) is 10.8. The van der Waals surface area contributed by atoms with Crippen molar-refractivity contribution in [3.8, 4) is 0 Å². The number of carbonyl (C=O) groups is 4. The Kier molecular flexibility index (Phi) is 8.39. The lowest BCUT2D eigenvalue weighted by Crippen LogP contribution is -2.55. The van der Waals surface area contributed by atoms with Crippen molar-refractivity contribution >= 4 is 29.8 Å². The van der Waals surface area contributed by atoms with Crippen LogP contribution < -0.4 is 0 Å². The SMILES string of the molecule is C=CCC1=C(C(=O)OC)O[C@@H]([C@H](OC(C)=O)[C@@H](COC(C)=O)OC(C)=O)[C@@H]2N=C(C)O[C@H]12. The minimum Gasteiger partial charge on any atom is -0.477 e. The average molecular weight is 453 g/mol. The molecule has 5 atom stereocenters. The van der Waals surface area contributed by atoms with Gasteiger partial charge >= 0.3 is 23.9 Å². The van der Waals surface area contributed by atoms with Crippen molar-refractivity contribution in [1.29, 1.82) is 0 Å². The number of methoxy groups -OCH3 is 1. The van der Waals surface area contributed by atoms with Crippen LogP contribution in [0.25, 0.3) is 0 Å². The van der Waals surface area contributed by atoms with Crippen LogP contribution in [0.3, 0.4) is 0 Å². The van der Waals surface area contributed by atoms with Gasteiger partial charge in [-0.15, -0.1) is 6.58 Å². The summed E-state index contributed by atoms with van der Waals surface area (Å²) in [6.07, 6.45) is -2.55. The van der Waals surface area contributed by atoms with Gasteiger partial charge in [-0.2, -0.15) is 0 Å². The Hall–Kier alpha value is -3.37. The Balaban J connectivity index is 2.56. The molecule has 2 heterocycles. The Morgan fingerprint density at radius 2 is 1.75 bits per heavy atom. The fourth-order valence-electron chi connectivity index (χ4n) is 3.55. The third kappa shape index (κ3) is 5.86. The zero-order chi connectivity index (χ0) is 24.0. The second-order valence-corrected chi connectivity index (χ2v) is 7.12. The topological polar surface area (TPSA) is 136 Å². The molecule has 0 spiro atoms. The number of carbonyl (C=O) groups excluding carboxylic acids is 4. The minimum absolute atomic E-state index is 0.144. The van der Waals surface area contributed by atoms with E-state index in [1.807, 2.05) is 0 Å². The predicted octanol–water partition coefficient (Wildman–Crippen LogP) is 1.00. The lowest BCUT2D eigenvalue weighted by atomic mass is 9.88. The molecule has 0 amide bonds. The molecular formula is C21H27NO10. The smallest absolute Gasteiger partial charge is 0.373 e. The van der Waals surface area contributed by atoms with Crippen LogP contribution in [-0.2, 0) is 47.6 Å². The first-order chi connectivity index (χ1) is 15.1. The van der Waals surface area contributed by atoms with Crippen LogP contribution in [0.2, 0.25) is 0 Å². The van der Waals surface area contributed by atoms with Gasteiger partial charge in [0, 0.05) is 33.3 Å². The molecule has 0 bridgehead atoms. The van der Waals surface area contributed by atoms with Crippen molar-refractivity contribution in [1.82, 2.24) is 0 Å². The van der Waals surface area contributed by atoms with Crippen molar-refractivity contribution in [2.45, 2.75) is 64.6 Å². The first-order valence-corrected chi connectivity index (χ1v) is 9.86. The number of nitrogens with zero attached hydrogens (tertiary/aromatic N) is 1. The van der Waals surface area contributed by atoms with Crippen molar-refractivity contribution in [3.63, 3.8) is 0 Å². The fraction of sp³-hybridized carbons (Fsp3) is 0.571. The highest BCUT2D eigenvalue weighted by atomic mass is 16.6. The molecule has 0 unspecified atom stereocenters. The summed E-state index contributed by atoms with van der Waals surface area (Å²) in [5, 5.41) is 0. The summed E-state index contributed by atoms with van der Waals surface area (Å²) >= 11 is 0. The fourth-order valence-corrected chi connectivity index (χ4v) is 3.55. The van der Waals surface area contributed by atoms with E-state index in [-0.39, 0.29) is 12.2 Å². The molecule has 0 aliphatic carbocycles. The first-order valence-electron chi connectivity index (χ1n) is 9.86. The highest BCUT2D eigenvalue weighted by Gasteiger charge is 2.53. The van der Waals surface area contributed by atoms with E-state index in [0.29, 0.717) is 11.5 Å². The second-order valence-electron chi connectivity index (χ2n) is 7.12. The monoisotopic (exact) mass is 453 g/mol. The van der Waals surface area contributed by atoms with Crippen molar-refractivity contribution < 1.29 is 47.6 Å². The summed E-state index contributed by atoms with van der Waals surface area (Å²) in [6, 6.07) is -0.752. The number of hydrogen-bond donors (Lipinski definition) is 0. The Morgan fingerprint density at radius 1 is 1.09 bits per heavy atom. The van der Waals surface area contributed by atoms with Gasteiger partial charge in [0.15, 0.2) is 30.3 Å². The van der Waals surface area contributed by atoms with Gasteiger partial charge in [-0.3, -0.25) is 14.4 Å². The number of fused-ring (bicyclic) bond motifs is 1. The van der Waals surface area contributed by atoms with Gasteiger partial charge in [0.25, 0.3) is 0 Å². The summed E-state index contributed by atoms with van der Waals surface area (Å²) in [7, 11) is 1.19. The van der Waals surface area contributed by atoms with E-state index in [1.54, 1.807) is 13.0 Å². The summed E-state index contributed by atoms with van der Waals surface area (Å²) in [6.45, 7) is 8.39. The summed E-state index contributed by atoms with van der Waals surface area (Å²) < 4.78 is 32.3. The molecule has 2 aliphatic rings. The maximum Gasteiger partial charge on any atom is 0.373 e. The lowest BCUT2D eigenvalue weighted by molar-refractivity contribution is -0.188. The molecule has 0 aromatic rings. The first kappa shape index (κ1) is 24.9. The van der Waals surface area contributed by atoms with Crippen LogP contribution in [0.1, 0.15) is 34.1 Å². The zero-order valence-electron chi connectivity index (χ0n) is 18.6. The van der Waals surface area contributed by atoms with E-state index in [1.165, 1.54) is 14.0 Å². The van der Waals surface area contributed by atoms with Crippen molar-refractivity contribution in [2.75, 3.05) is 13.7 Å². The van der Waals surface area contributed by atoms with Gasteiger partial charge in [-0.25, -0.2) is 9.79 Å². The number of rotatable bonds is 9. The number of aliphatic imine (C=N–C) groups is 1. The van der Waals surface area contributed by atoms with Crippen LogP contribution in [0.15, 0.2) is 29.0 Å². The Labute approximate surface area is 185 Å². The highest BCUT2D eigenvalue weighted by molar-refractivity contribution is 5.88. The molecule has 0 radical (unpaired) electrons. The molecule has 0 aromatic heterocycles. The normalized spacial score (nSPS) is 23.4. The number of allylic oxidation sites excluding steroid dienone is 1. The summed E-state index contributed by atoms with van der Waals surface area (Å²) in [4.78, 5) is 51.9. The zero-order valence-corrected chi connectivity index (χ0v) is 18.6. The standard InChI is InChI=1S/C21H27NO10/c1-7-8-14-17-16(22-10(2)29-17)20(32-18(14)21(26)27-6)19(31-13(5)25)15(30-12(4)24)9-28-11(3)23/h7,15-17,19-20H,1,8-9H2,2-6H3/t15-,16-,17-,19-,20-/m1/s1. The van der Waals surface area contributed by atoms with Crippen LogP contribution in [0.4, 0.5) is 0 Å². The number of ether oxygens (including phenoxy) is 6. The largest absolute Gasteiger partial charge is 0.477 e. The predicted molar refractivity (Wildman–Crippen MR) is 108 cm³/mol. The van der Waals surface area contributed by atoms with Crippen molar-refractivity contribution in [2.24, 2.45) is 4.99 Å². The molecule has 32 heavy (non-hydrogen) atoms. The van der Waals surface area contributed by atoms with Crippen LogP contribution in [0, 0.1) is 0 Å².